The van der Waals surface area contributed by atoms with Crippen molar-refractivity contribution in [3.05, 3.63) is 300 Å². The summed E-state index contributed by atoms with van der Waals surface area (Å²) in [4.78, 5) is 31.8. The first-order valence-corrected chi connectivity index (χ1v) is 44.9. The summed E-state index contributed by atoms with van der Waals surface area (Å²) in [7, 11) is 0. The Morgan fingerprint density at radius 3 is 1.12 bits per heavy atom. The zero-order valence-corrected chi connectivity index (χ0v) is 71.9. The number of carbonyl (C=O) groups excluding carboxylic acids is 1. The van der Waals surface area contributed by atoms with Crippen LogP contribution in [-0.2, 0) is 37.4 Å². The van der Waals surface area contributed by atoms with Crippen LogP contribution >= 0.6 is 11.6 Å². The van der Waals surface area contributed by atoms with E-state index in [4.69, 9.17) is 31.5 Å². The molecule has 0 radical (unpaired) electrons. The number of aromatic amines is 1. The molecule has 4 fully saturated rings. The number of rotatable bonds is 16. The van der Waals surface area contributed by atoms with Gasteiger partial charge in [0.25, 0.3) is 0 Å². The number of H-pyrrole nitrogens is 1. The van der Waals surface area contributed by atoms with Gasteiger partial charge in [-0.1, -0.05) is 219 Å². The number of hydrogen-bond acceptors (Lipinski definition) is 8. The molecule has 5 aliphatic rings. The number of halogens is 1. The summed E-state index contributed by atoms with van der Waals surface area (Å²) >= 11 is 6.86. The lowest BCUT2D eigenvalue weighted by Crippen LogP contribution is -2.06. The highest BCUT2D eigenvalue weighted by Crippen LogP contribution is 2.46. The number of aryl methyl sites for hydroxylation is 4. The number of aromatic nitrogens is 10. The van der Waals surface area contributed by atoms with Gasteiger partial charge in [-0.2, -0.15) is 15.6 Å². The number of fused-ring (bicyclic) bond motifs is 6. The van der Waals surface area contributed by atoms with E-state index in [1.165, 1.54) is 169 Å². The molecule has 124 heavy (non-hydrogen) atoms. The molecule has 4 aliphatic carbocycles. The molecule has 0 saturated heterocycles. The highest BCUT2D eigenvalue weighted by atomic mass is 35.5. The molecular formula is C109H102ClN13O. The van der Waals surface area contributed by atoms with Crippen molar-refractivity contribution in [3.63, 3.8) is 0 Å². The van der Waals surface area contributed by atoms with Crippen LogP contribution in [0.5, 0.6) is 0 Å². The second kappa shape index (κ2) is 35.7. The predicted molar refractivity (Wildman–Crippen MR) is 506 cm³/mol. The second-order valence-corrected chi connectivity index (χ2v) is 35.7. The van der Waals surface area contributed by atoms with Crippen molar-refractivity contribution in [2.45, 2.75) is 163 Å². The number of nitriles is 2. The molecule has 0 unspecified atom stereocenters. The normalized spacial score (nSPS) is 14.8. The van der Waals surface area contributed by atoms with Crippen LogP contribution in [0.4, 0.5) is 5.69 Å². The lowest BCUT2D eigenvalue weighted by molar-refractivity contribution is -0.115. The molecule has 4 saturated carbocycles. The Bertz CT molecular complexity index is 6850. The third-order valence-electron chi connectivity index (χ3n) is 26.7. The minimum absolute atomic E-state index is 0.0648. The standard InChI is InChI=1S/C28H27N3O.C27H24ClN3.C27H26N4.C27H25N3/c1-18-6-8-20(9-7-18)28-27(21-10-11-24-22(14-21)15-26(32)30-24)23-12-13-31(25(23)16-29-28)17-19-4-2-3-5-19;1-18-6-10-22(11-7-18)27-25(21-12-8-19(14-29)9-13-21)26-23(28)17-31(24(26)15-30-27)16-20-4-2-3-5-20;1-18-6-8-20(9-7-18)27-26(21-10-11-24-22(14-21)15-29-30-24)23-12-13-31(25(23)16-28-27)17-19-4-2-3-5-19;1-19-6-10-23(11-7-19)27-26(22-12-8-20(16-28)9-13-22)24-14-15-30(25(24)17-29-27)18-21-4-2-3-5-21/h6-14,16,19H,2-5,15,17H2,1H3,(H,30,32);6-13,15,17,20H,2-5,16H2,1H3;6-16,19H,2-5,17H2,1H3,(H,29,30);6-15,17,21H,2-5,18H2,1H3. The van der Waals surface area contributed by atoms with Gasteiger partial charge in [0.15, 0.2) is 0 Å². The molecule has 0 atom stereocenters. The summed E-state index contributed by atoms with van der Waals surface area (Å²) in [6.45, 7) is 12.6. The van der Waals surface area contributed by atoms with E-state index in [2.05, 4.69) is 250 Å². The Hall–Kier alpha value is -13.3. The van der Waals surface area contributed by atoms with E-state index in [0.717, 1.165) is 160 Å². The molecule has 22 rings (SSSR count). The quantitative estimate of drug-likeness (QED) is 0.0960. The molecule has 1 amide bonds. The number of anilines is 1. The third-order valence-corrected chi connectivity index (χ3v) is 27.0. The van der Waals surface area contributed by atoms with Crippen LogP contribution in [0.25, 0.3) is 144 Å². The minimum Gasteiger partial charge on any atom is -0.346 e. The van der Waals surface area contributed by atoms with E-state index in [-0.39, 0.29) is 5.91 Å². The van der Waals surface area contributed by atoms with E-state index in [9.17, 15) is 15.3 Å². The van der Waals surface area contributed by atoms with Gasteiger partial charge in [0.05, 0.1) is 116 Å². The highest BCUT2D eigenvalue weighted by molar-refractivity contribution is 6.37. The number of amides is 1. The largest absolute Gasteiger partial charge is 0.346 e. The fourth-order valence-electron chi connectivity index (χ4n) is 20.0. The Balaban J connectivity index is 0.000000108. The van der Waals surface area contributed by atoms with Crippen LogP contribution in [0.2, 0.25) is 5.02 Å². The first kappa shape index (κ1) is 80.5. The molecule has 15 heteroatoms. The first-order chi connectivity index (χ1) is 60.8. The zero-order chi connectivity index (χ0) is 84.3. The van der Waals surface area contributed by atoms with Gasteiger partial charge in [0, 0.05) is 128 Å². The Kier molecular flexibility index (Phi) is 23.1. The fourth-order valence-corrected chi connectivity index (χ4v) is 20.3. The van der Waals surface area contributed by atoms with E-state index >= 15 is 0 Å². The second-order valence-electron chi connectivity index (χ2n) is 35.3. The molecule has 10 heterocycles. The van der Waals surface area contributed by atoms with Crippen molar-refractivity contribution in [2.75, 3.05) is 5.32 Å². The SMILES string of the molecule is Cc1ccc(-c2ncc3c(c(Cl)cn3CC3CCCC3)c2-c2ccc(C#N)cc2)cc1.Cc1ccc(-c2ncc3c(ccn3CC3CCCC3)c2-c2ccc(C#N)cc2)cc1.Cc1ccc(-c2ncc3c(ccn3CC3CCCC3)c2-c2ccc3[nH]ncc3c2)cc1.Cc1ccc(-c2ncc3c(ccn3CC3CCCC3)c2-c2ccc3c(c2)CC(=O)N3)cc1. The van der Waals surface area contributed by atoms with Gasteiger partial charge in [-0.15, -0.1) is 0 Å². The minimum atomic E-state index is 0.0648. The van der Waals surface area contributed by atoms with Gasteiger partial charge in [0.1, 0.15) is 0 Å². The topological polar surface area (TPSA) is 177 Å². The lowest BCUT2D eigenvalue weighted by atomic mass is 9.94. The number of nitrogens with one attached hydrogen (secondary N) is 2. The van der Waals surface area contributed by atoms with Crippen LogP contribution in [0, 0.1) is 74.0 Å². The fraction of sp³-hybridized carbons (Fsp3) is 0.266. The van der Waals surface area contributed by atoms with Crippen LogP contribution < -0.4 is 5.32 Å². The van der Waals surface area contributed by atoms with Crippen molar-refractivity contribution in [1.82, 2.24) is 48.4 Å². The van der Waals surface area contributed by atoms with Crippen molar-refractivity contribution >= 4 is 77.7 Å². The number of benzene rings is 8. The molecule has 14 nitrogen and oxygen atoms in total. The number of hydrogen-bond donors (Lipinski definition) is 2. The van der Waals surface area contributed by atoms with E-state index in [1.54, 1.807) is 0 Å². The van der Waals surface area contributed by atoms with Crippen molar-refractivity contribution in [1.29, 1.82) is 10.5 Å². The molecular weight excluding hydrogens is 1540 g/mol. The zero-order valence-electron chi connectivity index (χ0n) is 71.1. The summed E-state index contributed by atoms with van der Waals surface area (Å²) in [6, 6.07) is 73.9. The van der Waals surface area contributed by atoms with E-state index in [0.29, 0.717) is 23.5 Å². The number of nitrogens with zero attached hydrogens (tertiary/aromatic N) is 11. The lowest BCUT2D eigenvalue weighted by Gasteiger charge is -2.15. The predicted octanol–water partition coefficient (Wildman–Crippen LogP) is 27.2. The monoisotopic (exact) mass is 1640 g/mol. The van der Waals surface area contributed by atoms with Gasteiger partial charge in [0.2, 0.25) is 5.91 Å². The highest BCUT2D eigenvalue weighted by Gasteiger charge is 2.28. The van der Waals surface area contributed by atoms with Crippen molar-refractivity contribution in [2.24, 2.45) is 23.7 Å². The summed E-state index contributed by atoms with van der Waals surface area (Å²) < 4.78 is 9.47. The Morgan fingerprint density at radius 2 is 0.718 bits per heavy atom. The summed E-state index contributed by atoms with van der Waals surface area (Å²) in [5.41, 5.74) is 31.3. The summed E-state index contributed by atoms with van der Waals surface area (Å²) in [6.07, 6.45) is 40.6. The molecule has 1 aliphatic heterocycles. The first-order valence-electron chi connectivity index (χ1n) is 44.5. The van der Waals surface area contributed by atoms with Gasteiger partial charge < -0.3 is 23.6 Å². The van der Waals surface area contributed by atoms with E-state index in [1.807, 2.05) is 79.4 Å². The van der Waals surface area contributed by atoms with Gasteiger partial charge in [-0.05, 0) is 197 Å². The third kappa shape index (κ3) is 16.8. The molecule has 616 valence electrons. The molecule has 2 N–H and O–H groups in total. The Morgan fingerprint density at radius 1 is 0.379 bits per heavy atom. The molecule has 9 aromatic heterocycles. The van der Waals surface area contributed by atoms with Crippen LogP contribution in [0.3, 0.4) is 0 Å². The van der Waals surface area contributed by atoms with Crippen LogP contribution in [0.1, 0.15) is 142 Å². The van der Waals surface area contributed by atoms with Crippen molar-refractivity contribution < 1.29 is 4.79 Å². The summed E-state index contributed by atoms with van der Waals surface area (Å²) in [5, 5.41) is 35.3. The maximum Gasteiger partial charge on any atom is 0.228 e. The van der Waals surface area contributed by atoms with Gasteiger partial charge in [-0.3, -0.25) is 29.8 Å². The average Bonchev–Trinajstić information content (AvgIpc) is 1.59. The Labute approximate surface area is 730 Å². The number of carbonyl (C=O) groups is 1. The van der Waals surface area contributed by atoms with Crippen LogP contribution in [-0.4, -0.2) is 54.3 Å². The smallest absolute Gasteiger partial charge is 0.228 e. The maximum atomic E-state index is 11.9. The van der Waals surface area contributed by atoms with Gasteiger partial charge >= 0.3 is 0 Å². The molecule has 17 aromatic rings. The van der Waals surface area contributed by atoms with E-state index < -0.39 is 0 Å². The molecule has 8 aromatic carbocycles. The van der Waals surface area contributed by atoms with Crippen LogP contribution in [0.15, 0.2) is 256 Å². The van der Waals surface area contributed by atoms with Gasteiger partial charge in [-0.25, -0.2) is 0 Å². The maximum absolute atomic E-state index is 11.9. The van der Waals surface area contributed by atoms with Crippen molar-refractivity contribution in [3.8, 4) is 102 Å². The molecule has 0 spiro atoms. The summed E-state index contributed by atoms with van der Waals surface area (Å²) in [5.74, 6) is 3.11. The molecule has 0 bridgehead atoms. The number of pyridine rings is 4. The average molecular weight is 1650 g/mol.